The van der Waals surface area contributed by atoms with Crippen LogP contribution in [0.25, 0.3) is 22.2 Å². The highest BCUT2D eigenvalue weighted by Crippen LogP contribution is 2.38. The predicted molar refractivity (Wildman–Crippen MR) is 81.5 cm³/mol. The van der Waals surface area contributed by atoms with E-state index in [0.29, 0.717) is 17.8 Å². The molecule has 8 heteroatoms. The highest BCUT2D eigenvalue weighted by molar-refractivity contribution is 6.31. The largest absolute Gasteiger partial charge is 0.417 e. The molecule has 0 amide bonds. The molecule has 23 heavy (non-hydrogen) atoms. The quantitative estimate of drug-likeness (QED) is 0.763. The predicted octanol–water partition coefficient (Wildman–Crippen LogP) is 4.08. The Morgan fingerprint density at radius 1 is 1.35 bits per heavy atom. The third-order valence-corrected chi connectivity index (χ3v) is 3.91. The molecule has 0 atom stereocenters. The minimum Gasteiger partial charge on any atom is -0.345 e. The lowest BCUT2D eigenvalue weighted by molar-refractivity contribution is -0.137. The van der Waals surface area contributed by atoms with E-state index in [4.69, 9.17) is 11.6 Å². The van der Waals surface area contributed by atoms with Gasteiger partial charge in [0.15, 0.2) is 0 Å². The van der Waals surface area contributed by atoms with Gasteiger partial charge in [-0.1, -0.05) is 17.7 Å². The monoisotopic (exact) mass is 341 g/mol. The van der Waals surface area contributed by atoms with Crippen LogP contribution in [0, 0.1) is 0 Å². The fourth-order valence-corrected chi connectivity index (χ4v) is 2.64. The highest BCUT2D eigenvalue weighted by atomic mass is 35.5. The lowest BCUT2D eigenvalue weighted by Gasteiger charge is -2.10. The summed E-state index contributed by atoms with van der Waals surface area (Å²) in [6.07, 6.45) is -1.70. The van der Waals surface area contributed by atoms with Crippen LogP contribution in [-0.2, 0) is 12.7 Å². The van der Waals surface area contributed by atoms with Gasteiger partial charge in [0, 0.05) is 18.3 Å². The minimum atomic E-state index is -4.57. The Bertz CT molecular complexity index is 943. The number of aryl methyl sites for hydroxylation is 1. The normalized spacial score (nSPS) is 12.0. The van der Waals surface area contributed by atoms with Crippen molar-refractivity contribution in [3.8, 4) is 11.1 Å². The Morgan fingerprint density at radius 3 is 2.74 bits per heavy atom. The van der Waals surface area contributed by atoms with Crippen molar-refractivity contribution in [2.75, 3.05) is 0 Å². The fourth-order valence-electron chi connectivity index (χ4n) is 2.42. The first kappa shape index (κ1) is 15.6. The maximum Gasteiger partial charge on any atom is 0.417 e. The van der Waals surface area contributed by atoms with Gasteiger partial charge in [0.2, 0.25) is 0 Å². The molecule has 0 saturated heterocycles. The minimum absolute atomic E-state index is 0.251. The Hall–Kier alpha value is -2.28. The zero-order valence-corrected chi connectivity index (χ0v) is 12.7. The van der Waals surface area contributed by atoms with E-state index in [9.17, 15) is 18.0 Å². The molecule has 1 N–H and O–H groups in total. The second kappa shape index (κ2) is 5.42. The molecular formula is C15H11ClF3N3O. The van der Waals surface area contributed by atoms with E-state index < -0.39 is 11.7 Å². The summed E-state index contributed by atoms with van der Waals surface area (Å²) in [6, 6.07) is 3.56. The number of nitrogens with zero attached hydrogens (tertiary/aromatic N) is 2. The number of fused-ring (bicyclic) bond motifs is 1. The van der Waals surface area contributed by atoms with Crippen LogP contribution in [0.4, 0.5) is 13.2 Å². The topological polar surface area (TPSA) is 50.7 Å². The summed E-state index contributed by atoms with van der Waals surface area (Å²) in [5.74, 6) is 0. The smallest absolute Gasteiger partial charge is 0.345 e. The van der Waals surface area contributed by atoms with Crippen molar-refractivity contribution in [2.45, 2.75) is 19.6 Å². The average molecular weight is 342 g/mol. The molecule has 0 bridgehead atoms. The van der Waals surface area contributed by atoms with Gasteiger partial charge in [0.05, 0.1) is 22.3 Å². The summed E-state index contributed by atoms with van der Waals surface area (Å²) in [7, 11) is 0. The van der Waals surface area contributed by atoms with Gasteiger partial charge >= 0.3 is 6.18 Å². The molecule has 0 unspecified atom stereocenters. The van der Waals surface area contributed by atoms with Crippen LogP contribution >= 0.6 is 11.6 Å². The molecule has 0 aliphatic rings. The molecule has 4 nitrogen and oxygen atoms in total. The first-order chi connectivity index (χ1) is 10.8. The first-order valence-electron chi connectivity index (χ1n) is 6.76. The van der Waals surface area contributed by atoms with Gasteiger partial charge in [-0.15, -0.1) is 0 Å². The van der Waals surface area contributed by atoms with Crippen LogP contribution in [0.2, 0.25) is 5.02 Å². The summed E-state index contributed by atoms with van der Waals surface area (Å²) in [4.78, 5) is 19.3. The summed E-state index contributed by atoms with van der Waals surface area (Å²) in [6.45, 7) is 2.20. The molecule has 0 saturated carbocycles. The molecule has 2 aromatic heterocycles. The molecule has 2 heterocycles. The zero-order valence-electron chi connectivity index (χ0n) is 11.9. The molecule has 0 spiro atoms. The third-order valence-electron chi connectivity index (χ3n) is 3.58. The number of rotatable bonds is 2. The van der Waals surface area contributed by atoms with E-state index in [0.717, 1.165) is 6.07 Å². The van der Waals surface area contributed by atoms with Crippen molar-refractivity contribution in [2.24, 2.45) is 0 Å². The van der Waals surface area contributed by atoms with E-state index in [1.165, 1.54) is 29.2 Å². The highest BCUT2D eigenvalue weighted by Gasteiger charge is 2.33. The lowest BCUT2D eigenvalue weighted by Crippen LogP contribution is -2.19. The number of halogens is 4. The van der Waals surface area contributed by atoms with Crippen LogP contribution in [0.3, 0.4) is 0 Å². The SMILES string of the molecule is CCn1cnc2[nH]cc(-c3ccc(Cl)c(C(F)(F)F)c3)c2c1=O. The summed E-state index contributed by atoms with van der Waals surface area (Å²) in [5.41, 5.74) is -0.301. The number of hydrogen-bond acceptors (Lipinski definition) is 2. The van der Waals surface area contributed by atoms with Crippen LogP contribution in [0.1, 0.15) is 12.5 Å². The van der Waals surface area contributed by atoms with E-state index >= 15 is 0 Å². The van der Waals surface area contributed by atoms with Crippen LogP contribution in [0.5, 0.6) is 0 Å². The van der Waals surface area contributed by atoms with E-state index in [2.05, 4.69) is 9.97 Å². The zero-order chi connectivity index (χ0) is 16.8. The molecule has 3 aromatic rings. The Kier molecular flexibility index (Phi) is 3.68. The number of aromatic amines is 1. The third kappa shape index (κ3) is 2.61. The first-order valence-corrected chi connectivity index (χ1v) is 7.14. The summed E-state index contributed by atoms with van der Waals surface area (Å²) < 4.78 is 40.4. The number of nitrogens with one attached hydrogen (secondary N) is 1. The van der Waals surface area contributed by atoms with Crippen molar-refractivity contribution in [1.29, 1.82) is 0 Å². The Labute approximate surface area is 133 Å². The average Bonchev–Trinajstić information content (AvgIpc) is 2.92. The van der Waals surface area contributed by atoms with Gasteiger partial charge in [-0.25, -0.2) is 4.98 Å². The van der Waals surface area contributed by atoms with Crippen LogP contribution in [-0.4, -0.2) is 14.5 Å². The molecular weight excluding hydrogens is 331 g/mol. The lowest BCUT2D eigenvalue weighted by atomic mass is 10.0. The standard InChI is InChI=1S/C15H11ClF3N3O/c1-2-22-7-21-13-12(14(22)23)9(6-20-13)8-3-4-11(16)10(5-8)15(17,18)19/h3-7,20H,2H2,1H3. The summed E-state index contributed by atoms with van der Waals surface area (Å²) in [5, 5.41) is -0.130. The Balaban J connectivity index is 2.28. The molecule has 0 fully saturated rings. The van der Waals surface area contributed by atoms with Gasteiger partial charge < -0.3 is 4.98 Å². The molecule has 0 radical (unpaired) electrons. The van der Waals surface area contributed by atoms with Crippen molar-refractivity contribution in [3.63, 3.8) is 0 Å². The molecule has 120 valence electrons. The van der Waals surface area contributed by atoms with Crippen molar-refractivity contribution in [3.05, 3.63) is 51.7 Å². The molecule has 3 rings (SSSR count). The van der Waals surface area contributed by atoms with Gasteiger partial charge in [-0.3, -0.25) is 9.36 Å². The molecule has 0 aliphatic carbocycles. The Morgan fingerprint density at radius 2 is 2.09 bits per heavy atom. The number of H-pyrrole nitrogens is 1. The van der Waals surface area contributed by atoms with E-state index in [1.54, 1.807) is 6.92 Å². The molecule has 1 aromatic carbocycles. The van der Waals surface area contributed by atoms with Crippen molar-refractivity contribution < 1.29 is 13.2 Å². The molecule has 0 aliphatic heterocycles. The maximum absolute atomic E-state index is 13.0. The van der Waals surface area contributed by atoms with Gasteiger partial charge in [-0.05, 0) is 24.6 Å². The fraction of sp³-hybridized carbons (Fsp3) is 0.200. The number of hydrogen-bond donors (Lipinski definition) is 1. The van der Waals surface area contributed by atoms with Crippen LogP contribution in [0.15, 0.2) is 35.5 Å². The van der Waals surface area contributed by atoms with Gasteiger partial charge in [-0.2, -0.15) is 13.2 Å². The number of alkyl halides is 3. The van der Waals surface area contributed by atoms with E-state index in [1.807, 2.05) is 0 Å². The van der Waals surface area contributed by atoms with E-state index in [-0.39, 0.29) is 21.5 Å². The summed E-state index contributed by atoms with van der Waals surface area (Å²) >= 11 is 5.63. The number of benzene rings is 1. The van der Waals surface area contributed by atoms with Crippen molar-refractivity contribution in [1.82, 2.24) is 14.5 Å². The maximum atomic E-state index is 13.0. The number of aromatic nitrogens is 3. The second-order valence-electron chi connectivity index (χ2n) is 4.95. The van der Waals surface area contributed by atoms with Gasteiger partial charge in [0.1, 0.15) is 5.65 Å². The van der Waals surface area contributed by atoms with Crippen molar-refractivity contribution >= 4 is 22.6 Å². The van der Waals surface area contributed by atoms with Gasteiger partial charge in [0.25, 0.3) is 5.56 Å². The second-order valence-corrected chi connectivity index (χ2v) is 5.36. The van der Waals surface area contributed by atoms with Crippen LogP contribution < -0.4 is 5.56 Å².